The zero-order valence-corrected chi connectivity index (χ0v) is 16.4. The molecule has 1 heterocycles. The van der Waals surface area contributed by atoms with Gasteiger partial charge in [-0.3, -0.25) is 14.4 Å². The smallest absolute Gasteiger partial charge is 0.328 e. The Bertz CT molecular complexity index is 1040. The van der Waals surface area contributed by atoms with Crippen LogP contribution in [0.4, 0.5) is 0 Å². The van der Waals surface area contributed by atoms with Crippen molar-refractivity contribution in [2.45, 2.75) is 19.1 Å². The highest BCUT2D eigenvalue weighted by Crippen LogP contribution is 2.42. The molecule has 6 nitrogen and oxygen atoms in total. The van der Waals surface area contributed by atoms with Gasteiger partial charge in [-0.2, -0.15) is 0 Å². The summed E-state index contributed by atoms with van der Waals surface area (Å²) in [5.41, 5.74) is -0.218. The molecule has 0 bridgehead atoms. The minimum absolute atomic E-state index is 0.0261. The van der Waals surface area contributed by atoms with Crippen LogP contribution in [0.3, 0.4) is 0 Å². The number of carbonyl (C=O) groups excluding carboxylic acids is 3. The van der Waals surface area contributed by atoms with Gasteiger partial charge in [-0.1, -0.05) is 36.4 Å². The van der Waals surface area contributed by atoms with Crippen LogP contribution in [0, 0.1) is 5.41 Å². The number of hydrogen-bond donors (Lipinski definition) is 0. The molecule has 1 aliphatic carbocycles. The van der Waals surface area contributed by atoms with E-state index in [2.05, 4.69) is 0 Å². The summed E-state index contributed by atoms with van der Waals surface area (Å²) in [7, 11) is 1.56. The first-order valence-corrected chi connectivity index (χ1v) is 9.53. The molecule has 2 atom stereocenters. The number of ketones is 2. The largest absolute Gasteiger partial charge is 0.497 e. The highest BCUT2D eigenvalue weighted by Gasteiger charge is 2.56. The summed E-state index contributed by atoms with van der Waals surface area (Å²) < 4.78 is 16.6. The van der Waals surface area contributed by atoms with Crippen molar-refractivity contribution in [2.75, 3.05) is 7.11 Å². The molecular formula is C24H20O6. The van der Waals surface area contributed by atoms with Crippen molar-refractivity contribution in [3.63, 3.8) is 0 Å². The first kappa shape index (κ1) is 19.6. The number of carbonyl (C=O) groups is 3. The van der Waals surface area contributed by atoms with Crippen LogP contribution in [0.5, 0.6) is 5.75 Å². The second kappa shape index (κ2) is 7.99. The number of methoxy groups -OCH3 is 1. The van der Waals surface area contributed by atoms with Crippen molar-refractivity contribution in [1.29, 1.82) is 0 Å². The molecule has 2 aromatic carbocycles. The molecule has 4 rings (SSSR count). The van der Waals surface area contributed by atoms with Crippen LogP contribution in [0.2, 0.25) is 0 Å². The fraction of sp³-hybridized carbons (Fsp3) is 0.208. The number of ether oxygens (including phenoxy) is 3. The lowest BCUT2D eigenvalue weighted by Crippen LogP contribution is -2.53. The monoisotopic (exact) mass is 404 g/mol. The first-order chi connectivity index (χ1) is 14.5. The van der Waals surface area contributed by atoms with Crippen molar-refractivity contribution in [2.24, 2.45) is 5.41 Å². The molecule has 0 amide bonds. The van der Waals surface area contributed by atoms with Crippen LogP contribution in [0.15, 0.2) is 72.8 Å². The van der Waals surface area contributed by atoms with E-state index in [9.17, 15) is 14.4 Å². The maximum Gasteiger partial charge on any atom is 0.328 e. The van der Waals surface area contributed by atoms with E-state index >= 15 is 0 Å². The van der Waals surface area contributed by atoms with Crippen molar-refractivity contribution in [1.82, 2.24) is 0 Å². The summed E-state index contributed by atoms with van der Waals surface area (Å²) in [6.07, 6.45) is 2.82. The lowest BCUT2D eigenvalue weighted by atomic mass is 9.71. The quantitative estimate of drug-likeness (QED) is 0.562. The molecule has 0 N–H and O–H groups in total. The maximum atomic E-state index is 13.2. The SMILES string of the molecule is COc1ccc(C2=CC(=O)[C@]3(C(=O)OCc4ccccc4)C=CC(=O)C[C@@H]3O2)cc1. The second-order valence-electron chi connectivity index (χ2n) is 7.14. The fourth-order valence-corrected chi connectivity index (χ4v) is 3.59. The molecule has 0 saturated carbocycles. The maximum absolute atomic E-state index is 13.2. The van der Waals surface area contributed by atoms with E-state index in [1.807, 2.05) is 30.3 Å². The number of esters is 1. The van der Waals surface area contributed by atoms with Crippen molar-refractivity contribution >= 4 is 23.3 Å². The van der Waals surface area contributed by atoms with Crippen LogP contribution in [-0.2, 0) is 30.5 Å². The summed E-state index contributed by atoms with van der Waals surface area (Å²) in [5, 5.41) is 0. The molecule has 0 spiro atoms. The van der Waals surface area contributed by atoms with Gasteiger partial charge in [-0.05, 0) is 35.9 Å². The summed E-state index contributed by atoms with van der Waals surface area (Å²) in [6.45, 7) is 0.0261. The molecule has 6 heteroatoms. The molecule has 0 fully saturated rings. The average molecular weight is 404 g/mol. The van der Waals surface area contributed by atoms with Crippen molar-refractivity contribution < 1.29 is 28.6 Å². The minimum Gasteiger partial charge on any atom is -0.497 e. The molecule has 0 radical (unpaired) electrons. The zero-order chi connectivity index (χ0) is 21.1. The van der Waals surface area contributed by atoms with Crippen LogP contribution < -0.4 is 4.74 Å². The number of fused-ring (bicyclic) bond motifs is 1. The van der Waals surface area contributed by atoms with Gasteiger partial charge in [0.05, 0.1) is 7.11 Å². The Morgan fingerprint density at radius 1 is 1.10 bits per heavy atom. The summed E-state index contributed by atoms with van der Waals surface area (Å²) in [4.78, 5) is 38.2. The van der Waals surface area contributed by atoms with E-state index < -0.39 is 23.3 Å². The first-order valence-electron chi connectivity index (χ1n) is 9.53. The lowest BCUT2D eigenvalue weighted by molar-refractivity contribution is -0.165. The number of allylic oxidation sites excluding steroid dienone is 2. The van der Waals surface area contributed by atoms with Gasteiger partial charge < -0.3 is 14.2 Å². The zero-order valence-electron chi connectivity index (χ0n) is 16.4. The highest BCUT2D eigenvalue weighted by atomic mass is 16.5. The van der Waals surface area contributed by atoms with Gasteiger partial charge in [0.1, 0.15) is 24.2 Å². The van der Waals surface area contributed by atoms with Crippen molar-refractivity contribution in [3.8, 4) is 5.75 Å². The molecule has 1 aliphatic heterocycles. The van der Waals surface area contributed by atoms with E-state index in [1.54, 1.807) is 31.4 Å². The Kier molecular flexibility index (Phi) is 5.23. The molecule has 30 heavy (non-hydrogen) atoms. The van der Waals surface area contributed by atoms with Gasteiger partial charge in [-0.25, -0.2) is 0 Å². The summed E-state index contributed by atoms with van der Waals surface area (Å²) in [5.74, 6) is -0.435. The van der Waals surface area contributed by atoms with Crippen LogP contribution in [0.1, 0.15) is 17.5 Å². The van der Waals surface area contributed by atoms with Crippen molar-refractivity contribution in [3.05, 3.63) is 84.0 Å². The Labute approximate surface area is 173 Å². The molecule has 2 aromatic rings. The third-order valence-corrected chi connectivity index (χ3v) is 5.29. The Morgan fingerprint density at radius 2 is 1.83 bits per heavy atom. The summed E-state index contributed by atoms with van der Waals surface area (Å²) in [6, 6.07) is 16.2. The topological polar surface area (TPSA) is 78.9 Å². The van der Waals surface area contributed by atoms with E-state index in [1.165, 1.54) is 18.2 Å². The van der Waals surface area contributed by atoms with Gasteiger partial charge in [0.15, 0.2) is 17.0 Å². The minimum atomic E-state index is -1.67. The highest BCUT2D eigenvalue weighted by molar-refractivity contribution is 6.16. The second-order valence-corrected chi connectivity index (χ2v) is 7.14. The standard InChI is InChI=1S/C24H20O6/c1-28-19-9-7-17(8-10-19)20-14-21(26)24(12-11-18(25)13-22(24)30-20)23(27)29-15-16-5-3-2-4-6-16/h2-12,14,22H,13,15H2,1H3/t22-,24+/m0/s1. The van der Waals surface area contributed by atoms with Gasteiger partial charge in [0.2, 0.25) is 0 Å². The predicted octanol–water partition coefficient (Wildman–Crippen LogP) is 3.26. The van der Waals surface area contributed by atoms with E-state index in [4.69, 9.17) is 14.2 Å². The van der Waals surface area contributed by atoms with E-state index in [0.717, 1.165) is 5.56 Å². The third-order valence-electron chi connectivity index (χ3n) is 5.29. The average Bonchev–Trinajstić information content (AvgIpc) is 2.78. The molecule has 0 saturated heterocycles. The van der Waals surface area contributed by atoms with Gasteiger partial charge in [0.25, 0.3) is 0 Å². The molecular weight excluding hydrogens is 384 g/mol. The van der Waals surface area contributed by atoms with Gasteiger partial charge in [-0.15, -0.1) is 0 Å². The predicted molar refractivity (Wildman–Crippen MR) is 108 cm³/mol. The number of hydrogen-bond acceptors (Lipinski definition) is 6. The summed E-state index contributed by atoms with van der Waals surface area (Å²) >= 11 is 0. The van der Waals surface area contributed by atoms with Crippen LogP contribution in [0.25, 0.3) is 5.76 Å². The van der Waals surface area contributed by atoms with E-state index in [0.29, 0.717) is 17.1 Å². The molecule has 0 aromatic heterocycles. The third kappa shape index (κ3) is 3.52. The van der Waals surface area contributed by atoms with Gasteiger partial charge in [0, 0.05) is 18.1 Å². The molecule has 2 aliphatic rings. The number of benzene rings is 2. The van der Waals surface area contributed by atoms with Gasteiger partial charge >= 0.3 is 5.97 Å². The Morgan fingerprint density at radius 3 is 2.53 bits per heavy atom. The lowest BCUT2D eigenvalue weighted by Gasteiger charge is -2.39. The molecule has 0 unspecified atom stereocenters. The Hall–Kier alpha value is -3.67. The Balaban J connectivity index is 1.63. The van der Waals surface area contributed by atoms with Crippen LogP contribution in [-0.4, -0.2) is 30.7 Å². The molecule has 152 valence electrons. The van der Waals surface area contributed by atoms with E-state index in [-0.39, 0.29) is 18.8 Å². The van der Waals surface area contributed by atoms with Crippen LogP contribution >= 0.6 is 0 Å². The fourth-order valence-electron chi connectivity index (χ4n) is 3.59. The normalized spacial score (nSPS) is 22.6. The number of rotatable bonds is 5.